The van der Waals surface area contributed by atoms with Crippen molar-refractivity contribution in [2.24, 2.45) is 0 Å². The van der Waals surface area contributed by atoms with Crippen LogP contribution in [0.1, 0.15) is 29.8 Å². The lowest BCUT2D eigenvalue weighted by Crippen LogP contribution is -2.31. The first-order valence-electron chi connectivity index (χ1n) is 10.7. The highest BCUT2D eigenvalue weighted by Gasteiger charge is 2.23. The van der Waals surface area contributed by atoms with Crippen LogP contribution in [0.5, 0.6) is 5.75 Å². The lowest BCUT2D eigenvalue weighted by molar-refractivity contribution is 0.0981. The first-order chi connectivity index (χ1) is 16.6. The number of carbonyl (C=O) groups excluding carboxylic acids is 1. The van der Waals surface area contributed by atoms with E-state index in [1.807, 2.05) is 37.6 Å². The van der Waals surface area contributed by atoms with Crippen LogP contribution in [0.4, 0.5) is 4.39 Å². The molecule has 0 aliphatic rings. The first-order valence-corrected chi connectivity index (χ1v) is 12.2. The Hall–Kier alpha value is -4.05. The highest BCUT2D eigenvalue weighted by atomic mass is 32.2. The predicted octanol–water partition coefficient (Wildman–Crippen LogP) is 4.49. The molecule has 2 heterocycles. The molecule has 1 amide bonds. The van der Waals surface area contributed by atoms with E-state index in [4.69, 9.17) is 4.74 Å². The van der Waals surface area contributed by atoms with Crippen molar-refractivity contribution in [2.75, 3.05) is 0 Å². The SMILES string of the molecule is Cc1ccc(-c2nc(-c3cc(F)cc(OC(C)C)c3)ccc2C(=O)NS(=O)(=O)c2ccn[nH]2)cc1. The van der Waals surface area contributed by atoms with Crippen molar-refractivity contribution in [2.45, 2.75) is 31.9 Å². The highest BCUT2D eigenvalue weighted by molar-refractivity contribution is 7.90. The molecule has 2 N–H and O–H groups in total. The Morgan fingerprint density at radius 3 is 2.43 bits per heavy atom. The monoisotopic (exact) mass is 494 g/mol. The summed E-state index contributed by atoms with van der Waals surface area (Å²) in [7, 11) is -4.17. The van der Waals surface area contributed by atoms with Gasteiger partial charge in [0.25, 0.3) is 15.9 Å². The summed E-state index contributed by atoms with van der Waals surface area (Å²) >= 11 is 0. The van der Waals surface area contributed by atoms with Crippen molar-refractivity contribution in [1.82, 2.24) is 19.9 Å². The van der Waals surface area contributed by atoms with Crippen molar-refractivity contribution >= 4 is 15.9 Å². The van der Waals surface area contributed by atoms with E-state index < -0.39 is 21.7 Å². The molecule has 8 nitrogen and oxygen atoms in total. The average molecular weight is 495 g/mol. The number of sulfonamides is 1. The summed E-state index contributed by atoms with van der Waals surface area (Å²) in [4.78, 5) is 17.7. The number of ether oxygens (including phenoxy) is 1. The zero-order valence-electron chi connectivity index (χ0n) is 19.2. The Kier molecular flexibility index (Phi) is 6.65. The second-order valence-electron chi connectivity index (χ2n) is 8.16. The molecule has 10 heteroatoms. The summed E-state index contributed by atoms with van der Waals surface area (Å²) in [5.41, 5.74) is 2.72. The van der Waals surface area contributed by atoms with Gasteiger partial charge in [0.1, 0.15) is 11.6 Å². The molecule has 180 valence electrons. The fourth-order valence-corrected chi connectivity index (χ4v) is 4.29. The van der Waals surface area contributed by atoms with E-state index >= 15 is 0 Å². The van der Waals surface area contributed by atoms with Gasteiger partial charge >= 0.3 is 0 Å². The van der Waals surface area contributed by atoms with Gasteiger partial charge in [-0.3, -0.25) is 9.89 Å². The van der Waals surface area contributed by atoms with Crippen molar-refractivity contribution in [3.05, 3.63) is 83.8 Å². The third-order valence-electron chi connectivity index (χ3n) is 5.00. The fraction of sp³-hybridized carbons (Fsp3) is 0.160. The maximum Gasteiger partial charge on any atom is 0.281 e. The molecule has 0 spiro atoms. The van der Waals surface area contributed by atoms with Gasteiger partial charge in [0.2, 0.25) is 0 Å². The Labute approximate surface area is 202 Å². The van der Waals surface area contributed by atoms with E-state index in [1.165, 1.54) is 36.5 Å². The van der Waals surface area contributed by atoms with Crippen LogP contribution in [-0.4, -0.2) is 35.6 Å². The van der Waals surface area contributed by atoms with Crippen LogP contribution in [0.25, 0.3) is 22.5 Å². The predicted molar refractivity (Wildman–Crippen MR) is 129 cm³/mol. The van der Waals surface area contributed by atoms with Gasteiger partial charge in [-0.25, -0.2) is 14.1 Å². The highest BCUT2D eigenvalue weighted by Crippen LogP contribution is 2.30. The summed E-state index contributed by atoms with van der Waals surface area (Å²) in [6.45, 7) is 5.59. The van der Waals surface area contributed by atoms with E-state index in [0.717, 1.165) is 5.56 Å². The molecule has 0 radical (unpaired) electrons. The molecule has 35 heavy (non-hydrogen) atoms. The lowest BCUT2D eigenvalue weighted by Gasteiger charge is -2.14. The number of hydrogen-bond acceptors (Lipinski definition) is 6. The number of rotatable bonds is 7. The van der Waals surface area contributed by atoms with Crippen LogP contribution >= 0.6 is 0 Å². The van der Waals surface area contributed by atoms with Gasteiger partial charge in [-0.1, -0.05) is 29.8 Å². The summed E-state index contributed by atoms with van der Waals surface area (Å²) in [6.07, 6.45) is 1.12. The van der Waals surface area contributed by atoms with Gasteiger partial charge in [-0.2, -0.15) is 13.5 Å². The van der Waals surface area contributed by atoms with Gasteiger partial charge in [-0.05, 0) is 51.1 Å². The maximum atomic E-state index is 14.3. The molecule has 0 saturated heterocycles. The van der Waals surface area contributed by atoms with Crippen LogP contribution in [0, 0.1) is 12.7 Å². The average Bonchev–Trinajstić information content (AvgIpc) is 3.34. The van der Waals surface area contributed by atoms with Gasteiger partial charge in [0, 0.05) is 17.2 Å². The second-order valence-corrected chi connectivity index (χ2v) is 9.81. The number of pyridine rings is 1. The van der Waals surface area contributed by atoms with Crippen molar-refractivity contribution in [3.63, 3.8) is 0 Å². The first kappa shape index (κ1) is 24.1. The number of amides is 1. The van der Waals surface area contributed by atoms with Crippen LogP contribution in [-0.2, 0) is 10.0 Å². The minimum absolute atomic E-state index is 0.0377. The number of halogens is 1. The fourth-order valence-electron chi connectivity index (χ4n) is 3.41. The van der Waals surface area contributed by atoms with E-state index in [0.29, 0.717) is 22.6 Å². The molecule has 0 atom stereocenters. The molecular formula is C25H23FN4O4S. The minimum Gasteiger partial charge on any atom is -0.491 e. The molecule has 0 saturated carbocycles. The molecule has 2 aromatic carbocycles. The molecule has 4 rings (SSSR count). The molecule has 0 bridgehead atoms. The number of aromatic nitrogens is 3. The topological polar surface area (TPSA) is 114 Å². The van der Waals surface area contributed by atoms with Crippen LogP contribution < -0.4 is 9.46 Å². The van der Waals surface area contributed by atoms with E-state index in [1.54, 1.807) is 18.2 Å². The molecule has 0 unspecified atom stereocenters. The number of nitrogens with zero attached hydrogens (tertiary/aromatic N) is 2. The van der Waals surface area contributed by atoms with Crippen LogP contribution in [0.3, 0.4) is 0 Å². The second kappa shape index (κ2) is 9.67. The third-order valence-corrected chi connectivity index (χ3v) is 6.26. The van der Waals surface area contributed by atoms with E-state index in [9.17, 15) is 17.6 Å². The van der Waals surface area contributed by atoms with Crippen molar-refractivity contribution in [3.8, 4) is 28.3 Å². The smallest absolute Gasteiger partial charge is 0.281 e. The van der Waals surface area contributed by atoms with Crippen molar-refractivity contribution < 1.29 is 22.3 Å². The Balaban J connectivity index is 1.79. The van der Waals surface area contributed by atoms with Gasteiger partial charge < -0.3 is 4.74 Å². The summed E-state index contributed by atoms with van der Waals surface area (Å²) in [5, 5.41) is 5.69. The molecule has 0 fully saturated rings. The zero-order chi connectivity index (χ0) is 25.2. The quantitative estimate of drug-likeness (QED) is 0.391. The Morgan fingerprint density at radius 2 is 1.77 bits per heavy atom. The molecule has 2 aromatic heterocycles. The third kappa shape index (κ3) is 5.55. The number of nitrogens with one attached hydrogen (secondary N) is 2. The van der Waals surface area contributed by atoms with E-state index in [2.05, 4.69) is 15.2 Å². The van der Waals surface area contributed by atoms with Crippen LogP contribution in [0.15, 0.2) is 71.9 Å². The number of aromatic amines is 1. The normalized spacial score (nSPS) is 11.5. The lowest BCUT2D eigenvalue weighted by atomic mass is 10.0. The number of benzene rings is 2. The molecule has 4 aromatic rings. The van der Waals surface area contributed by atoms with E-state index in [-0.39, 0.29) is 22.4 Å². The largest absolute Gasteiger partial charge is 0.491 e. The molecule has 0 aliphatic heterocycles. The Morgan fingerprint density at radius 1 is 1.03 bits per heavy atom. The van der Waals surface area contributed by atoms with Gasteiger partial charge in [0.15, 0.2) is 5.03 Å². The number of aryl methyl sites for hydroxylation is 1. The number of H-pyrrole nitrogens is 1. The minimum atomic E-state index is -4.17. The summed E-state index contributed by atoms with van der Waals surface area (Å²) in [6, 6.07) is 15.7. The Bertz CT molecular complexity index is 1470. The number of hydrogen-bond donors (Lipinski definition) is 2. The molecule has 0 aliphatic carbocycles. The maximum absolute atomic E-state index is 14.3. The van der Waals surface area contributed by atoms with Crippen molar-refractivity contribution in [1.29, 1.82) is 0 Å². The summed E-state index contributed by atoms with van der Waals surface area (Å²) < 4.78 is 47.1. The van der Waals surface area contributed by atoms with Gasteiger partial charge in [-0.15, -0.1) is 0 Å². The van der Waals surface area contributed by atoms with Crippen LogP contribution in [0.2, 0.25) is 0 Å². The van der Waals surface area contributed by atoms with Gasteiger partial charge in [0.05, 0.1) is 29.3 Å². The standard InChI is InChI=1S/C25H23FN4O4S/c1-15(2)34-20-13-18(12-19(26)14-20)22-9-8-21(24(28-22)17-6-4-16(3)5-7-17)25(31)30-35(32,33)23-10-11-27-29-23/h4-15H,1-3H3,(H,27,29)(H,30,31). The number of carbonyl (C=O) groups is 1. The zero-order valence-corrected chi connectivity index (χ0v) is 20.1. The molecular weight excluding hydrogens is 471 g/mol. The summed E-state index contributed by atoms with van der Waals surface area (Å²) in [5.74, 6) is -1.01.